The van der Waals surface area contributed by atoms with Crippen molar-refractivity contribution in [2.75, 3.05) is 6.54 Å². The van der Waals surface area contributed by atoms with E-state index in [0.717, 1.165) is 0 Å². The fraction of sp³-hybridized carbons (Fsp3) is 0.364. The van der Waals surface area contributed by atoms with Crippen molar-refractivity contribution in [1.82, 2.24) is 4.31 Å². The van der Waals surface area contributed by atoms with Crippen molar-refractivity contribution in [3.8, 4) is 0 Å². The molecule has 0 bridgehead atoms. The van der Waals surface area contributed by atoms with Crippen LogP contribution in [0.2, 0.25) is 0 Å². The lowest BCUT2D eigenvalue weighted by Gasteiger charge is -2.20. The van der Waals surface area contributed by atoms with Crippen molar-refractivity contribution in [3.63, 3.8) is 0 Å². The van der Waals surface area contributed by atoms with Crippen molar-refractivity contribution in [1.29, 1.82) is 0 Å². The predicted molar refractivity (Wildman–Crippen MR) is 62.3 cm³/mol. The number of benzene rings is 1. The molecule has 0 spiro atoms. The summed E-state index contributed by atoms with van der Waals surface area (Å²) in [7, 11) is -4.40. The van der Waals surface area contributed by atoms with Gasteiger partial charge < -0.3 is 10.2 Å². The van der Waals surface area contributed by atoms with E-state index >= 15 is 0 Å². The summed E-state index contributed by atoms with van der Waals surface area (Å²) in [5.41, 5.74) is 0. The summed E-state index contributed by atoms with van der Waals surface area (Å²) in [4.78, 5) is 10.3. The minimum absolute atomic E-state index is 0.271. The zero-order chi connectivity index (χ0) is 15.1. The lowest BCUT2D eigenvalue weighted by Crippen LogP contribution is -2.40. The molecule has 0 aromatic heterocycles. The van der Waals surface area contributed by atoms with E-state index in [9.17, 15) is 27.1 Å². The van der Waals surface area contributed by atoms with Crippen LogP contribution in [0.5, 0.6) is 0 Å². The Labute approximate surface area is 113 Å². The highest BCUT2D eigenvalue weighted by Gasteiger charge is 2.43. The number of rotatable bonds is 3. The second-order valence-corrected chi connectivity index (χ2v) is 6.31. The third-order valence-electron chi connectivity index (χ3n) is 2.96. The molecule has 1 aliphatic rings. The molecule has 1 aromatic carbocycles. The first-order valence-electron chi connectivity index (χ1n) is 5.60. The number of aliphatic carboxylic acids is 1. The number of nitrogens with zero attached hydrogens (tertiary/aromatic N) is 1. The molecule has 1 aliphatic heterocycles. The molecule has 1 unspecified atom stereocenters. The fourth-order valence-electron chi connectivity index (χ4n) is 2.09. The van der Waals surface area contributed by atoms with E-state index in [0.29, 0.717) is 22.5 Å². The molecule has 0 amide bonds. The number of hydrogen-bond acceptors (Lipinski definition) is 4. The number of aliphatic hydroxyl groups excluding tert-OH is 1. The van der Waals surface area contributed by atoms with E-state index in [4.69, 9.17) is 5.11 Å². The molecule has 20 heavy (non-hydrogen) atoms. The number of aliphatic hydroxyl groups is 1. The maximum atomic E-state index is 13.1. The van der Waals surface area contributed by atoms with E-state index in [2.05, 4.69) is 0 Å². The number of carboxylic acids is 1. The van der Waals surface area contributed by atoms with Gasteiger partial charge in [0.05, 0.1) is 11.0 Å². The second kappa shape index (κ2) is 5.08. The molecule has 9 heteroatoms. The monoisotopic (exact) mass is 307 g/mol. The first kappa shape index (κ1) is 14.8. The first-order chi connectivity index (χ1) is 9.21. The van der Waals surface area contributed by atoms with Gasteiger partial charge in [0.25, 0.3) is 0 Å². The molecule has 0 aliphatic carbocycles. The number of carboxylic acid groups (broad SMARTS) is 1. The second-order valence-electron chi connectivity index (χ2n) is 4.42. The van der Waals surface area contributed by atoms with Gasteiger partial charge in [-0.1, -0.05) is 0 Å². The molecule has 0 saturated carbocycles. The fourth-order valence-corrected chi connectivity index (χ4v) is 3.76. The summed E-state index contributed by atoms with van der Waals surface area (Å²) < 4.78 is 51.1. The van der Waals surface area contributed by atoms with Crippen LogP contribution in [-0.2, 0) is 14.8 Å². The summed E-state index contributed by atoms with van der Waals surface area (Å²) in [6, 6.07) is 0.248. The quantitative estimate of drug-likeness (QED) is 0.830. The maximum absolute atomic E-state index is 13.1. The van der Waals surface area contributed by atoms with Crippen LogP contribution in [0.25, 0.3) is 0 Å². The van der Waals surface area contributed by atoms with E-state index in [-0.39, 0.29) is 6.42 Å². The zero-order valence-electron chi connectivity index (χ0n) is 10.0. The topological polar surface area (TPSA) is 94.9 Å². The highest BCUT2D eigenvalue weighted by atomic mass is 32.2. The minimum atomic E-state index is -4.40. The number of sulfonamides is 1. The average molecular weight is 307 g/mol. The molecule has 2 N–H and O–H groups in total. The van der Waals surface area contributed by atoms with Gasteiger partial charge in [0.2, 0.25) is 10.0 Å². The minimum Gasteiger partial charge on any atom is -0.480 e. The first-order valence-corrected chi connectivity index (χ1v) is 7.04. The molecule has 6 nitrogen and oxygen atoms in total. The van der Waals surface area contributed by atoms with E-state index in [1.807, 2.05) is 0 Å². The van der Waals surface area contributed by atoms with Crippen LogP contribution in [0, 0.1) is 11.6 Å². The van der Waals surface area contributed by atoms with Crippen LogP contribution in [0.15, 0.2) is 23.1 Å². The highest BCUT2D eigenvalue weighted by molar-refractivity contribution is 7.89. The SMILES string of the molecule is O=C(O)[C@@H]1CC(O)CN1S(=O)(=O)c1cc(F)cc(F)c1. The van der Waals surface area contributed by atoms with E-state index in [1.54, 1.807) is 0 Å². The Morgan fingerprint density at radius 1 is 1.25 bits per heavy atom. The zero-order valence-corrected chi connectivity index (χ0v) is 10.8. The Bertz CT molecular complexity index is 628. The normalized spacial score (nSPS) is 23.9. The molecule has 0 radical (unpaired) electrons. The van der Waals surface area contributed by atoms with Crippen molar-refractivity contribution in [2.45, 2.75) is 23.5 Å². The Kier molecular flexibility index (Phi) is 3.76. The lowest BCUT2D eigenvalue weighted by atomic mass is 10.2. The predicted octanol–water partition coefficient (Wildman–Crippen LogP) is 0.173. The number of β-amino-alcohol motifs (C(OH)–C–C–N with tert-alkyl or cyclic N) is 1. The molecule has 2 rings (SSSR count). The Morgan fingerprint density at radius 3 is 2.30 bits per heavy atom. The summed E-state index contributed by atoms with van der Waals surface area (Å²) in [6.07, 6.45) is -1.41. The van der Waals surface area contributed by atoms with Crippen LogP contribution in [0.4, 0.5) is 8.78 Å². The van der Waals surface area contributed by atoms with Crippen molar-refractivity contribution < 1.29 is 32.2 Å². The van der Waals surface area contributed by atoms with Crippen LogP contribution in [0.3, 0.4) is 0 Å². The van der Waals surface area contributed by atoms with Gasteiger partial charge in [0.15, 0.2) is 0 Å². The molecular formula is C11H11F2NO5S. The number of carbonyl (C=O) groups is 1. The highest BCUT2D eigenvalue weighted by Crippen LogP contribution is 2.27. The third kappa shape index (κ3) is 2.65. The Hall–Kier alpha value is -1.58. The number of hydrogen-bond donors (Lipinski definition) is 2. The van der Waals surface area contributed by atoms with Gasteiger partial charge in [-0.3, -0.25) is 4.79 Å². The molecule has 1 aromatic rings. The molecule has 1 fully saturated rings. The largest absolute Gasteiger partial charge is 0.480 e. The van der Waals surface area contributed by atoms with Gasteiger partial charge in [0.1, 0.15) is 17.7 Å². The van der Waals surface area contributed by atoms with Crippen LogP contribution >= 0.6 is 0 Å². The third-order valence-corrected chi connectivity index (χ3v) is 4.81. The van der Waals surface area contributed by atoms with Crippen molar-refractivity contribution in [2.24, 2.45) is 0 Å². The maximum Gasteiger partial charge on any atom is 0.322 e. The van der Waals surface area contributed by atoms with Gasteiger partial charge in [-0.15, -0.1) is 0 Å². The van der Waals surface area contributed by atoms with Crippen LogP contribution in [-0.4, -0.2) is 47.6 Å². The smallest absolute Gasteiger partial charge is 0.322 e. The van der Waals surface area contributed by atoms with Gasteiger partial charge >= 0.3 is 5.97 Å². The molecule has 1 heterocycles. The molecule has 110 valence electrons. The lowest BCUT2D eigenvalue weighted by molar-refractivity contribution is -0.140. The van der Waals surface area contributed by atoms with Crippen molar-refractivity contribution in [3.05, 3.63) is 29.8 Å². The molecular weight excluding hydrogens is 296 g/mol. The van der Waals surface area contributed by atoms with Gasteiger partial charge in [-0.25, -0.2) is 17.2 Å². The standard InChI is InChI=1S/C11H11F2NO5S/c12-6-1-7(13)3-9(2-6)20(18,19)14-5-8(15)4-10(14)11(16)17/h1-3,8,10,15H,4-5H2,(H,16,17)/t8?,10-/m0/s1. The van der Waals surface area contributed by atoms with Gasteiger partial charge in [0, 0.05) is 19.0 Å². The van der Waals surface area contributed by atoms with Crippen molar-refractivity contribution >= 4 is 16.0 Å². The van der Waals surface area contributed by atoms with Crippen LogP contribution in [0.1, 0.15) is 6.42 Å². The summed E-state index contributed by atoms with van der Waals surface area (Å²) in [5.74, 6) is -3.60. The molecule has 2 atom stereocenters. The Balaban J connectivity index is 2.46. The summed E-state index contributed by atoms with van der Waals surface area (Å²) in [5, 5.41) is 18.4. The summed E-state index contributed by atoms with van der Waals surface area (Å²) >= 11 is 0. The van der Waals surface area contributed by atoms with E-state index in [1.165, 1.54) is 0 Å². The molecule has 1 saturated heterocycles. The number of halogens is 2. The summed E-state index contributed by atoms with van der Waals surface area (Å²) in [6.45, 7) is -0.433. The van der Waals surface area contributed by atoms with Gasteiger partial charge in [-0.2, -0.15) is 4.31 Å². The Morgan fingerprint density at radius 2 is 1.80 bits per heavy atom. The average Bonchev–Trinajstić information content (AvgIpc) is 2.71. The van der Waals surface area contributed by atoms with Gasteiger partial charge in [-0.05, 0) is 12.1 Å². The van der Waals surface area contributed by atoms with Crippen LogP contribution < -0.4 is 0 Å². The van der Waals surface area contributed by atoms with E-state index < -0.39 is 51.2 Å².